The topological polar surface area (TPSA) is 105 Å². The minimum atomic E-state index is -5.85. The highest BCUT2D eigenvalue weighted by molar-refractivity contribution is 5.75. The predicted octanol–water partition coefficient (Wildman–Crippen LogP) is 1.22. The second kappa shape index (κ2) is 7.33. The Morgan fingerprint density at radius 1 is 1.10 bits per heavy atom. The van der Waals surface area contributed by atoms with Crippen molar-refractivity contribution < 1.29 is 36.2 Å². The van der Waals surface area contributed by atoms with Crippen LogP contribution >= 0.6 is 0 Å². The van der Waals surface area contributed by atoms with Gasteiger partial charge in [-0.05, 0) is 19.3 Å². The molecule has 0 aliphatic rings. The summed E-state index contributed by atoms with van der Waals surface area (Å²) in [4.78, 5) is 12.2. The maximum absolute atomic E-state index is 12.4. The Balaban J connectivity index is 4.86. The molecule has 21 heavy (non-hydrogen) atoms. The minimum Gasteiger partial charge on any atom is -0.480 e. The number of carboxylic acids is 1. The molecule has 0 aliphatic carbocycles. The van der Waals surface area contributed by atoms with Crippen molar-refractivity contribution in [3.05, 3.63) is 0 Å². The molecule has 0 aromatic carbocycles. The van der Waals surface area contributed by atoms with Gasteiger partial charge in [-0.15, -0.1) is 4.90 Å². The summed E-state index contributed by atoms with van der Waals surface area (Å²) in [6.45, 7) is -0.0211. The van der Waals surface area contributed by atoms with Crippen molar-refractivity contribution in [1.29, 1.82) is 0 Å². The highest BCUT2D eigenvalue weighted by Gasteiger charge is 2.58. The lowest BCUT2D eigenvalue weighted by Gasteiger charge is -2.31. The Hall–Kier alpha value is -1.72. The van der Waals surface area contributed by atoms with Crippen LogP contribution in [0.3, 0.4) is 0 Å². The molecule has 0 aliphatic heterocycles. The van der Waals surface area contributed by atoms with Crippen LogP contribution < -0.4 is 11.5 Å². The number of aliphatic imine (C=N–C) groups is 1. The number of alkyl halides is 6. The van der Waals surface area contributed by atoms with Crippen molar-refractivity contribution in [3.63, 3.8) is 0 Å². The monoisotopic (exact) mass is 324 g/mol. The van der Waals surface area contributed by atoms with Crippen LogP contribution in [0.4, 0.5) is 26.3 Å². The molecular formula is C9H14F6N4O2. The summed E-state index contributed by atoms with van der Waals surface area (Å²) in [5, 5.41) is 8.61. The van der Waals surface area contributed by atoms with E-state index in [0.717, 1.165) is 0 Å². The molecule has 0 rings (SSSR count). The second-order valence-corrected chi connectivity index (χ2v) is 3.96. The number of unbranched alkanes of at least 4 members (excludes halogenated alkanes) is 1. The van der Waals surface area contributed by atoms with E-state index < -0.39 is 35.9 Å². The highest BCUT2D eigenvalue weighted by Crippen LogP contribution is 2.36. The van der Waals surface area contributed by atoms with Gasteiger partial charge < -0.3 is 16.6 Å². The molecule has 6 nitrogen and oxygen atoms in total. The largest absolute Gasteiger partial charge is 0.480 e. The molecule has 0 heterocycles. The third-order valence-corrected chi connectivity index (χ3v) is 2.32. The quantitative estimate of drug-likeness (QED) is 0.215. The van der Waals surface area contributed by atoms with Gasteiger partial charge in [0.1, 0.15) is 6.04 Å². The molecule has 0 unspecified atom stereocenters. The zero-order chi connectivity index (χ0) is 16.8. The van der Waals surface area contributed by atoms with Gasteiger partial charge in [0.2, 0.25) is 0 Å². The average molecular weight is 324 g/mol. The van der Waals surface area contributed by atoms with Gasteiger partial charge in [-0.2, -0.15) is 26.3 Å². The van der Waals surface area contributed by atoms with Gasteiger partial charge in [-0.1, -0.05) is 0 Å². The number of carboxylic acid groups (broad SMARTS) is 1. The molecule has 0 amide bonds. The van der Waals surface area contributed by atoms with E-state index in [2.05, 4.69) is 4.99 Å². The third kappa shape index (κ3) is 7.02. The summed E-state index contributed by atoms with van der Waals surface area (Å²) in [5.74, 6) is -2.50. The van der Waals surface area contributed by atoms with Crippen molar-refractivity contribution in [1.82, 2.24) is 4.90 Å². The number of nitrogens with two attached hydrogens (primary N) is 2. The summed E-state index contributed by atoms with van der Waals surface area (Å²) in [7, 11) is 0. The van der Waals surface area contributed by atoms with Crippen molar-refractivity contribution in [2.75, 3.05) is 6.54 Å². The third-order valence-electron chi connectivity index (χ3n) is 2.32. The Kier molecular flexibility index (Phi) is 6.73. The smallest absolute Gasteiger partial charge is 0.467 e. The van der Waals surface area contributed by atoms with Gasteiger partial charge >= 0.3 is 18.6 Å². The first-order chi connectivity index (χ1) is 9.37. The van der Waals surface area contributed by atoms with Crippen molar-refractivity contribution in [3.8, 4) is 0 Å². The van der Waals surface area contributed by atoms with E-state index in [1.165, 1.54) is 0 Å². The zero-order valence-electron chi connectivity index (χ0n) is 10.6. The Bertz CT molecular complexity index is 363. The molecule has 0 radical (unpaired) electrons. The Morgan fingerprint density at radius 2 is 1.57 bits per heavy atom. The number of guanidine groups is 1. The van der Waals surface area contributed by atoms with Crippen molar-refractivity contribution in [2.45, 2.75) is 37.9 Å². The van der Waals surface area contributed by atoms with Gasteiger partial charge in [-0.25, -0.2) is 0 Å². The van der Waals surface area contributed by atoms with Crippen molar-refractivity contribution in [2.24, 2.45) is 16.5 Å². The number of aliphatic carboxylic acids is 1. The second-order valence-electron chi connectivity index (χ2n) is 3.96. The van der Waals surface area contributed by atoms with Gasteiger partial charge in [0, 0.05) is 6.54 Å². The average Bonchev–Trinajstić information content (AvgIpc) is 2.22. The minimum absolute atomic E-state index is 0.0211. The first-order valence-electron chi connectivity index (χ1n) is 5.58. The zero-order valence-corrected chi connectivity index (χ0v) is 10.6. The molecular weight excluding hydrogens is 310 g/mol. The molecule has 1 atom stereocenters. The number of halogens is 6. The molecule has 0 saturated heterocycles. The van der Waals surface area contributed by atoms with Crippen molar-refractivity contribution >= 4 is 11.9 Å². The van der Waals surface area contributed by atoms with Crippen LogP contribution in [0.5, 0.6) is 0 Å². The normalized spacial score (nSPS) is 14.0. The molecule has 0 aromatic rings. The lowest BCUT2D eigenvalue weighted by atomic mass is 10.1. The number of nitrogens with zero attached hydrogens (tertiary/aromatic N) is 2. The SMILES string of the molecule is NC(N)=NCCCC[C@H](C(=O)O)N(C(F)(F)F)C(F)(F)F. The van der Waals surface area contributed by atoms with E-state index in [1.54, 1.807) is 0 Å². The molecule has 12 heteroatoms. The summed E-state index contributed by atoms with van der Waals surface area (Å²) < 4.78 is 74.4. The molecule has 0 aromatic heterocycles. The molecule has 0 saturated carbocycles. The summed E-state index contributed by atoms with van der Waals surface area (Å²) in [5.41, 5.74) is 9.95. The van der Waals surface area contributed by atoms with E-state index in [0.29, 0.717) is 0 Å². The molecule has 0 bridgehead atoms. The summed E-state index contributed by atoms with van der Waals surface area (Å²) in [6, 6.07) is -2.76. The predicted molar refractivity (Wildman–Crippen MR) is 59.9 cm³/mol. The van der Waals surface area contributed by atoms with Crippen LogP contribution in [0.25, 0.3) is 0 Å². The first kappa shape index (κ1) is 19.3. The fourth-order valence-corrected chi connectivity index (χ4v) is 1.52. The van der Waals surface area contributed by atoms with E-state index in [1.807, 2.05) is 0 Å². The number of hydrogen-bond acceptors (Lipinski definition) is 3. The lowest BCUT2D eigenvalue weighted by Crippen LogP contribution is -2.56. The Labute approximate surface area is 115 Å². The van der Waals surface area contributed by atoms with Gasteiger partial charge in [0.15, 0.2) is 5.96 Å². The van der Waals surface area contributed by atoms with Gasteiger partial charge in [-0.3, -0.25) is 9.79 Å². The van der Waals surface area contributed by atoms with Crippen LogP contribution in [0.2, 0.25) is 0 Å². The Morgan fingerprint density at radius 3 is 1.90 bits per heavy atom. The maximum atomic E-state index is 12.4. The summed E-state index contributed by atoms with van der Waals surface area (Å²) in [6.07, 6.45) is -12.7. The van der Waals surface area contributed by atoms with Gasteiger partial charge in [0.25, 0.3) is 0 Å². The van der Waals surface area contributed by atoms with Gasteiger partial charge in [0.05, 0.1) is 0 Å². The van der Waals surface area contributed by atoms with Crippen LogP contribution in [-0.4, -0.2) is 47.1 Å². The van der Waals surface area contributed by atoms with Crippen LogP contribution in [0.15, 0.2) is 4.99 Å². The van der Waals surface area contributed by atoms with E-state index in [9.17, 15) is 31.1 Å². The maximum Gasteiger partial charge on any atom is 0.467 e. The standard InChI is InChI=1S/C9H14F6N4O2/c10-8(11,12)19(9(13,14)15)5(6(20)21)3-1-2-4-18-7(16)17/h5H,1-4H2,(H,20,21)(H4,16,17,18)/t5-/m1/s1. The number of hydrogen-bond donors (Lipinski definition) is 3. The fraction of sp³-hybridized carbons (Fsp3) is 0.778. The van der Waals surface area contributed by atoms with E-state index >= 15 is 0 Å². The molecule has 5 N–H and O–H groups in total. The van der Waals surface area contributed by atoms with E-state index in [-0.39, 0.29) is 25.3 Å². The van der Waals surface area contributed by atoms with Crippen LogP contribution in [0, 0.1) is 0 Å². The van der Waals surface area contributed by atoms with Crippen LogP contribution in [0.1, 0.15) is 19.3 Å². The summed E-state index contributed by atoms with van der Waals surface area (Å²) >= 11 is 0. The lowest BCUT2D eigenvalue weighted by molar-refractivity contribution is -0.382. The highest BCUT2D eigenvalue weighted by atomic mass is 19.4. The molecule has 124 valence electrons. The molecule has 0 spiro atoms. The van der Waals surface area contributed by atoms with Crippen LogP contribution in [-0.2, 0) is 4.79 Å². The number of rotatable bonds is 7. The first-order valence-corrected chi connectivity index (χ1v) is 5.58. The fourth-order valence-electron chi connectivity index (χ4n) is 1.52. The van der Waals surface area contributed by atoms with E-state index in [4.69, 9.17) is 16.6 Å². The molecule has 0 fully saturated rings. The number of carbonyl (C=O) groups is 1.